The molecule has 1 aromatic rings. The van der Waals surface area contributed by atoms with Crippen LogP contribution in [-0.4, -0.2) is 10.9 Å². The molecule has 1 aromatic carbocycles. The molecule has 3 nitrogen and oxygen atoms in total. The number of benzene rings is 1. The van der Waals surface area contributed by atoms with Crippen molar-refractivity contribution in [3.05, 3.63) is 30.3 Å². The van der Waals surface area contributed by atoms with E-state index in [4.69, 9.17) is 9.94 Å². The molecule has 0 atom stereocenters. The minimum Gasteiger partial charge on any atom is -0.471 e. The van der Waals surface area contributed by atoms with E-state index in [1.54, 1.807) is 0 Å². The van der Waals surface area contributed by atoms with E-state index in [1.807, 2.05) is 30.3 Å². The predicted octanol–water partition coefficient (Wildman–Crippen LogP) is 2.74. The van der Waals surface area contributed by atoms with Crippen molar-refractivity contribution in [2.75, 3.05) is 0 Å². The molecule has 0 aliphatic heterocycles. The molecule has 2 N–H and O–H groups in total. The first-order chi connectivity index (χ1) is 6.85. The van der Waals surface area contributed by atoms with E-state index in [0.29, 0.717) is 0 Å². The second kappa shape index (κ2) is 5.35. The SMILES string of the molecule is Cl.ONC1(Oc2ccccc2)CCCC1. The molecule has 15 heavy (non-hydrogen) atoms. The Morgan fingerprint density at radius 2 is 1.73 bits per heavy atom. The van der Waals surface area contributed by atoms with Gasteiger partial charge in [-0.05, 0) is 25.0 Å². The highest BCUT2D eigenvalue weighted by molar-refractivity contribution is 5.85. The van der Waals surface area contributed by atoms with Crippen molar-refractivity contribution in [1.82, 2.24) is 5.48 Å². The van der Waals surface area contributed by atoms with Crippen LogP contribution >= 0.6 is 12.4 Å². The molecule has 1 aliphatic carbocycles. The number of halogens is 1. The Morgan fingerprint density at radius 3 is 2.27 bits per heavy atom. The highest BCUT2D eigenvalue weighted by atomic mass is 35.5. The Labute approximate surface area is 95.8 Å². The van der Waals surface area contributed by atoms with Gasteiger partial charge in [-0.15, -0.1) is 12.4 Å². The smallest absolute Gasteiger partial charge is 0.181 e. The summed E-state index contributed by atoms with van der Waals surface area (Å²) in [4.78, 5) is 0. The standard InChI is InChI=1S/C11H15NO2.ClH/c13-12-11(8-4-5-9-11)14-10-6-2-1-3-7-10;/h1-3,6-7,12-13H,4-5,8-9H2;1H. The van der Waals surface area contributed by atoms with E-state index in [0.717, 1.165) is 31.4 Å². The Hall–Kier alpha value is -0.770. The summed E-state index contributed by atoms with van der Waals surface area (Å²) < 4.78 is 5.75. The van der Waals surface area contributed by atoms with Crippen molar-refractivity contribution in [2.24, 2.45) is 0 Å². The summed E-state index contributed by atoms with van der Waals surface area (Å²) in [5, 5.41) is 9.10. The van der Waals surface area contributed by atoms with Crippen LogP contribution < -0.4 is 10.2 Å². The molecule has 0 spiro atoms. The van der Waals surface area contributed by atoms with Gasteiger partial charge in [0.2, 0.25) is 0 Å². The van der Waals surface area contributed by atoms with E-state index in [1.165, 1.54) is 0 Å². The van der Waals surface area contributed by atoms with Crippen LogP contribution in [0.1, 0.15) is 25.7 Å². The number of ether oxygens (including phenoxy) is 1. The van der Waals surface area contributed by atoms with E-state index in [2.05, 4.69) is 5.48 Å². The molecule has 0 bridgehead atoms. The van der Waals surface area contributed by atoms with Gasteiger partial charge in [-0.2, -0.15) is 5.48 Å². The van der Waals surface area contributed by atoms with Crippen molar-refractivity contribution in [3.63, 3.8) is 0 Å². The average Bonchev–Trinajstić information content (AvgIpc) is 2.69. The number of hydrogen-bond acceptors (Lipinski definition) is 3. The van der Waals surface area contributed by atoms with Crippen LogP contribution in [0.4, 0.5) is 0 Å². The molecule has 1 saturated carbocycles. The van der Waals surface area contributed by atoms with Crippen LogP contribution in [0, 0.1) is 0 Å². The van der Waals surface area contributed by atoms with E-state index in [-0.39, 0.29) is 12.4 Å². The lowest BCUT2D eigenvalue weighted by molar-refractivity contribution is -0.0679. The molecule has 0 saturated heterocycles. The van der Waals surface area contributed by atoms with Gasteiger partial charge in [-0.1, -0.05) is 18.2 Å². The highest BCUT2D eigenvalue weighted by Crippen LogP contribution is 2.31. The second-order valence-electron chi connectivity index (χ2n) is 3.73. The third-order valence-corrected chi connectivity index (χ3v) is 2.67. The van der Waals surface area contributed by atoms with Gasteiger partial charge in [-0.25, -0.2) is 0 Å². The van der Waals surface area contributed by atoms with Gasteiger partial charge < -0.3 is 9.94 Å². The molecule has 0 radical (unpaired) electrons. The summed E-state index contributed by atoms with van der Waals surface area (Å²) in [6.07, 6.45) is 3.91. The summed E-state index contributed by atoms with van der Waals surface area (Å²) in [7, 11) is 0. The van der Waals surface area contributed by atoms with Crippen molar-refractivity contribution in [1.29, 1.82) is 0 Å². The van der Waals surface area contributed by atoms with E-state index in [9.17, 15) is 0 Å². The maximum Gasteiger partial charge on any atom is 0.181 e. The van der Waals surface area contributed by atoms with Crippen molar-refractivity contribution < 1.29 is 9.94 Å². The zero-order valence-corrected chi connectivity index (χ0v) is 9.30. The van der Waals surface area contributed by atoms with Gasteiger partial charge in [-0.3, -0.25) is 0 Å². The highest BCUT2D eigenvalue weighted by Gasteiger charge is 2.35. The second-order valence-corrected chi connectivity index (χ2v) is 3.73. The molecule has 84 valence electrons. The van der Waals surface area contributed by atoms with Crippen molar-refractivity contribution in [3.8, 4) is 5.75 Å². The third kappa shape index (κ3) is 2.84. The summed E-state index contributed by atoms with van der Waals surface area (Å²) >= 11 is 0. The van der Waals surface area contributed by atoms with Crippen LogP contribution in [0.5, 0.6) is 5.75 Å². The largest absolute Gasteiger partial charge is 0.471 e. The third-order valence-electron chi connectivity index (χ3n) is 2.67. The molecule has 2 rings (SSSR count). The summed E-state index contributed by atoms with van der Waals surface area (Å²) in [5.41, 5.74) is 1.75. The first-order valence-electron chi connectivity index (χ1n) is 5.00. The number of nitrogens with one attached hydrogen (secondary N) is 1. The number of hydroxylamine groups is 1. The summed E-state index contributed by atoms with van der Waals surface area (Å²) in [6.45, 7) is 0. The zero-order chi connectivity index (χ0) is 9.86. The molecule has 0 heterocycles. The maximum absolute atomic E-state index is 9.10. The van der Waals surface area contributed by atoms with E-state index < -0.39 is 5.72 Å². The van der Waals surface area contributed by atoms with Gasteiger partial charge in [0.25, 0.3) is 0 Å². The molecule has 0 unspecified atom stereocenters. The minimum atomic E-state index is -0.554. The molecule has 1 aliphatic rings. The van der Waals surface area contributed by atoms with Gasteiger partial charge in [0.15, 0.2) is 5.72 Å². The quantitative estimate of drug-likeness (QED) is 0.619. The number of rotatable bonds is 3. The average molecular weight is 230 g/mol. The van der Waals surface area contributed by atoms with Gasteiger partial charge in [0.05, 0.1) is 0 Å². The van der Waals surface area contributed by atoms with Crippen LogP contribution in [0.2, 0.25) is 0 Å². The lowest BCUT2D eigenvalue weighted by atomic mass is 10.2. The fraction of sp³-hybridized carbons (Fsp3) is 0.455. The lowest BCUT2D eigenvalue weighted by Crippen LogP contribution is -2.46. The molecular formula is C11H16ClNO2. The maximum atomic E-state index is 9.10. The molecule has 1 fully saturated rings. The zero-order valence-electron chi connectivity index (χ0n) is 8.48. The first-order valence-corrected chi connectivity index (χ1v) is 5.00. The van der Waals surface area contributed by atoms with Gasteiger partial charge >= 0.3 is 0 Å². The predicted molar refractivity (Wildman–Crippen MR) is 60.4 cm³/mol. The Bertz CT molecular complexity index is 286. The normalized spacial score (nSPS) is 18.2. The summed E-state index contributed by atoms with van der Waals surface area (Å²) in [5.74, 6) is 0.802. The molecule has 4 heteroatoms. The van der Waals surface area contributed by atoms with Crippen molar-refractivity contribution >= 4 is 12.4 Å². The van der Waals surface area contributed by atoms with Crippen molar-refractivity contribution in [2.45, 2.75) is 31.4 Å². The van der Waals surface area contributed by atoms with Crippen LogP contribution in [0.3, 0.4) is 0 Å². The topological polar surface area (TPSA) is 41.5 Å². The Balaban J connectivity index is 0.00000112. The molecule has 0 amide bonds. The van der Waals surface area contributed by atoms with Crippen LogP contribution in [0.25, 0.3) is 0 Å². The first kappa shape index (κ1) is 12.3. The Kier molecular flexibility index (Phi) is 4.39. The number of hydrogen-bond donors (Lipinski definition) is 2. The van der Waals surface area contributed by atoms with E-state index >= 15 is 0 Å². The number of para-hydroxylation sites is 1. The van der Waals surface area contributed by atoms with Gasteiger partial charge in [0.1, 0.15) is 5.75 Å². The molecular weight excluding hydrogens is 214 g/mol. The fourth-order valence-electron chi connectivity index (χ4n) is 1.90. The molecule has 0 aromatic heterocycles. The van der Waals surface area contributed by atoms with Crippen LogP contribution in [0.15, 0.2) is 30.3 Å². The fourth-order valence-corrected chi connectivity index (χ4v) is 1.90. The van der Waals surface area contributed by atoms with Gasteiger partial charge in [0, 0.05) is 12.8 Å². The van der Waals surface area contributed by atoms with Crippen LogP contribution in [-0.2, 0) is 0 Å². The summed E-state index contributed by atoms with van der Waals surface area (Å²) in [6, 6.07) is 9.60. The minimum absolute atomic E-state index is 0. The Morgan fingerprint density at radius 1 is 1.13 bits per heavy atom. The lowest BCUT2D eigenvalue weighted by Gasteiger charge is -2.28. The monoisotopic (exact) mass is 229 g/mol.